The third-order valence-corrected chi connectivity index (χ3v) is 2.26. The van der Waals surface area contributed by atoms with E-state index in [-0.39, 0.29) is 5.56 Å². The number of hydrogen-bond donors (Lipinski definition) is 3. The van der Waals surface area contributed by atoms with Crippen LogP contribution >= 0.6 is 22.9 Å². The highest BCUT2D eigenvalue weighted by molar-refractivity contribution is 14.1. The smallest absolute Gasteiger partial charge is 0.263 e. The lowest BCUT2D eigenvalue weighted by molar-refractivity contribution is 1.18. The van der Waals surface area contributed by atoms with E-state index in [0.29, 0.717) is 22.5 Å². The van der Waals surface area contributed by atoms with Gasteiger partial charge in [-0.25, -0.2) is 0 Å². The Morgan fingerprint density at radius 2 is 2.43 bits per heavy atom. The summed E-state index contributed by atoms with van der Waals surface area (Å²) in [6, 6.07) is 1.91. The zero-order valence-electron chi connectivity index (χ0n) is 6.76. The van der Waals surface area contributed by atoms with Crippen LogP contribution in [0.4, 0.5) is 5.95 Å². The molecule has 0 amide bonds. The molecular formula is C7H4IN5O. The Hall–Kier alpha value is -1.56. The fourth-order valence-corrected chi connectivity index (χ4v) is 1.43. The maximum Gasteiger partial charge on any atom is 0.263 e. The number of H-pyrrole nitrogens is 2. The molecule has 0 aliphatic rings. The Morgan fingerprint density at radius 1 is 1.64 bits per heavy atom. The van der Waals surface area contributed by atoms with Gasteiger partial charge in [0.25, 0.3) is 5.56 Å². The SMILES string of the molecule is N#Cc1c[nH]c2nc(NI)[nH]c(=O)c12. The first-order chi connectivity index (χ1) is 6.76. The molecule has 0 saturated heterocycles. The Balaban J connectivity index is 2.88. The van der Waals surface area contributed by atoms with Crippen molar-refractivity contribution in [2.45, 2.75) is 0 Å². The van der Waals surface area contributed by atoms with Crippen molar-refractivity contribution in [3.8, 4) is 6.07 Å². The van der Waals surface area contributed by atoms with Crippen LogP contribution in [0.15, 0.2) is 11.0 Å². The van der Waals surface area contributed by atoms with E-state index >= 15 is 0 Å². The third-order valence-electron chi connectivity index (χ3n) is 1.75. The number of nitrogens with one attached hydrogen (secondary N) is 3. The summed E-state index contributed by atoms with van der Waals surface area (Å²) in [6.07, 6.45) is 1.46. The predicted molar refractivity (Wildman–Crippen MR) is 59.1 cm³/mol. The molecule has 70 valence electrons. The maximum atomic E-state index is 11.5. The molecule has 0 aliphatic heterocycles. The van der Waals surface area contributed by atoms with Gasteiger partial charge in [0.1, 0.15) is 17.1 Å². The van der Waals surface area contributed by atoms with Crippen LogP contribution in [0.1, 0.15) is 5.56 Å². The van der Waals surface area contributed by atoms with Gasteiger partial charge in [-0.05, 0) is 0 Å². The number of halogens is 1. The Bertz CT molecular complexity index is 578. The molecule has 14 heavy (non-hydrogen) atoms. The maximum absolute atomic E-state index is 11.5. The molecule has 2 aromatic heterocycles. The lowest BCUT2D eigenvalue weighted by atomic mass is 10.3. The Morgan fingerprint density at radius 3 is 3.07 bits per heavy atom. The molecule has 7 heteroatoms. The van der Waals surface area contributed by atoms with E-state index in [1.807, 2.05) is 28.9 Å². The van der Waals surface area contributed by atoms with Crippen LogP contribution in [0, 0.1) is 11.3 Å². The van der Waals surface area contributed by atoms with Gasteiger partial charge in [0.15, 0.2) is 0 Å². The van der Waals surface area contributed by atoms with Crippen molar-refractivity contribution < 1.29 is 0 Å². The average molecular weight is 301 g/mol. The average Bonchev–Trinajstić information content (AvgIpc) is 2.61. The molecule has 0 unspecified atom stereocenters. The number of rotatable bonds is 1. The Labute approximate surface area is 91.8 Å². The normalized spacial score (nSPS) is 10.0. The zero-order chi connectivity index (χ0) is 10.1. The van der Waals surface area contributed by atoms with E-state index in [1.165, 1.54) is 6.20 Å². The van der Waals surface area contributed by atoms with Crippen LogP contribution in [-0.2, 0) is 0 Å². The highest BCUT2D eigenvalue weighted by Crippen LogP contribution is 2.12. The van der Waals surface area contributed by atoms with Crippen molar-refractivity contribution in [1.29, 1.82) is 5.26 Å². The lowest BCUT2D eigenvalue weighted by Gasteiger charge is -1.95. The van der Waals surface area contributed by atoms with E-state index in [4.69, 9.17) is 5.26 Å². The number of nitrogens with zero attached hydrogens (tertiary/aromatic N) is 2. The van der Waals surface area contributed by atoms with Crippen molar-refractivity contribution in [1.82, 2.24) is 15.0 Å². The predicted octanol–water partition coefficient (Wildman–Crippen LogP) is 0.885. The van der Waals surface area contributed by atoms with Gasteiger partial charge >= 0.3 is 0 Å². The van der Waals surface area contributed by atoms with Crippen LogP contribution in [0.5, 0.6) is 0 Å². The molecule has 0 aromatic carbocycles. The minimum absolute atomic E-state index is 0.294. The van der Waals surface area contributed by atoms with Gasteiger partial charge in [-0.3, -0.25) is 13.3 Å². The highest BCUT2D eigenvalue weighted by atomic mass is 127. The van der Waals surface area contributed by atoms with Gasteiger partial charge in [-0.2, -0.15) is 10.2 Å². The summed E-state index contributed by atoms with van der Waals surface area (Å²) in [5, 5.41) is 9.00. The van der Waals surface area contributed by atoms with Crippen molar-refractivity contribution in [3.05, 3.63) is 22.1 Å². The van der Waals surface area contributed by atoms with Crippen LogP contribution in [0.3, 0.4) is 0 Å². The quantitative estimate of drug-likeness (QED) is 0.538. The molecule has 2 heterocycles. The zero-order valence-corrected chi connectivity index (χ0v) is 8.92. The summed E-state index contributed by atoms with van der Waals surface area (Å²) in [7, 11) is 0. The van der Waals surface area contributed by atoms with Crippen LogP contribution in [-0.4, -0.2) is 15.0 Å². The van der Waals surface area contributed by atoms with Crippen LogP contribution < -0.4 is 9.09 Å². The summed E-state index contributed by atoms with van der Waals surface area (Å²) < 4.78 is 2.69. The summed E-state index contributed by atoms with van der Waals surface area (Å²) in [6.45, 7) is 0. The minimum Gasteiger partial charge on any atom is -0.344 e. The number of aromatic amines is 2. The lowest BCUT2D eigenvalue weighted by Crippen LogP contribution is -2.09. The molecule has 0 fully saturated rings. The second kappa shape index (κ2) is 3.30. The largest absolute Gasteiger partial charge is 0.344 e. The van der Waals surface area contributed by atoms with Gasteiger partial charge in [0.2, 0.25) is 5.95 Å². The van der Waals surface area contributed by atoms with Crippen LogP contribution in [0.2, 0.25) is 0 Å². The number of aromatic nitrogens is 3. The molecule has 3 N–H and O–H groups in total. The third kappa shape index (κ3) is 1.24. The van der Waals surface area contributed by atoms with Crippen molar-refractivity contribution in [3.63, 3.8) is 0 Å². The molecule has 0 aliphatic carbocycles. The number of fused-ring (bicyclic) bond motifs is 1. The summed E-state index contributed by atoms with van der Waals surface area (Å²) in [4.78, 5) is 20.8. The molecule has 0 radical (unpaired) electrons. The molecule has 2 aromatic rings. The Kier molecular flexibility index (Phi) is 2.12. The number of anilines is 1. The number of hydrogen-bond acceptors (Lipinski definition) is 4. The van der Waals surface area contributed by atoms with E-state index in [9.17, 15) is 4.79 Å². The van der Waals surface area contributed by atoms with E-state index in [1.54, 1.807) is 0 Å². The van der Waals surface area contributed by atoms with Crippen LogP contribution in [0.25, 0.3) is 11.0 Å². The standard InChI is InChI=1S/C7H4IN5O/c8-13-7-11-5-4(6(14)12-7)3(1-9)2-10-5/h2H,(H3,10,11,12,13,14). The molecule has 6 nitrogen and oxygen atoms in total. The van der Waals surface area contributed by atoms with Gasteiger partial charge in [-0.1, -0.05) is 0 Å². The summed E-state index contributed by atoms with van der Waals surface area (Å²) in [5.41, 5.74) is 0.380. The summed E-state index contributed by atoms with van der Waals surface area (Å²) >= 11 is 1.86. The van der Waals surface area contributed by atoms with E-state index in [0.717, 1.165) is 0 Å². The van der Waals surface area contributed by atoms with Crippen molar-refractivity contribution >= 4 is 39.8 Å². The number of nitriles is 1. The fourth-order valence-electron chi connectivity index (χ4n) is 1.17. The second-order valence-corrected chi connectivity index (χ2v) is 3.09. The fraction of sp³-hybridized carbons (Fsp3) is 0. The van der Waals surface area contributed by atoms with Gasteiger partial charge < -0.3 is 4.98 Å². The first kappa shape index (κ1) is 9.01. The molecule has 2 rings (SSSR count). The molecule has 0 spiro atoms. The molecular weight excluding hydrogens is 297 g/mol. The van der Waals surface area contributed by atoms with E-state index in [2.05, 4.69) is 18.5 Å². The summed E-state index contributed by atoms with van der Waals surface area (Å²) in [5.74, 6) is 0.356. The monoisotopic (exact) mass is 301 g/mol. The topological polar surface area (TPSA) is 97.4 Å². The van der Waals surface area contributed by atoms with Gasteiger partial charge in [-0.15, -0.1) is 0 Å². The van der Waals surface area contributed by atoms with Gasteiger partial charge in [0.05, 0.1) is 28.4 Å². The van der Waals surface area contributed by atoms with Gasteiger partial charge in [0, 0.05) is 6.20 Å². The second-order valence-electron chi connectivity index (χ2n) is 2.55. The van der Waals surface area contributed by atoms with Crippen molar-refractivity contribution in [2.24, 2.45) is 0 Å². The minimum atomic E-state index is -0.327. The highest BCUT2D eigenvalue weighted by Gasteiger charge is 2.09. The first-order valence-electron chi connectivity index (χ1n) is 3.64. The van der Waals surface area contributed by atoms with E-state index < -0.39 is 0 Å². The molecule has 0 atom stereocenters. The first-order valence-corrected chi connectivity index (χ1v) is 4.72. The van der Waals surface area contributed by atoms with Crippen molar-refractivity contribution in [2.75, 3.05) is 3.53 Å². The molecule has 0 saturated carbocycles. The molecule has 0 bridgehead atoms.